The van der Waals surface area contributed by atoms with Crippen LogP contribution in [0.4, 0.5) is 0 Å². The van der Waals surface area contributed by atoms with E-state index in [9.17, 15) is 0 Å². The van der Waals surface area contributed by atoms with Gasteiger partial charge in [0.2, 0.25) is 0 Å². The molecule has 0 aliphatic carbocycles. The van der Waals surface area contributed by atoms with Gasteiger partial charge in [-0.2, -0.15) is 0 Å². The van der Waals surface area contributed by atoms with Crippen LogP contribution in [-0.4, -0.2) is 25.2 Å². The Balaban J connectivity index is 1.91. The molecule has 0 radical (unpaired) electrons. The number of H-pyrrole nitrogens is 1. The molecule has 0 spiro atoms. The number of aromatic amines is 1. The van der Waals surface area contributed by atoms with E-state index in [2.05, 4.69) is 40.6 Å². The van der Waals surface area contributed by atoms with Gasteiger partial charge in [0.25, 0.3) is 0 Å². The lowest BCUT2D eigenvalue weighted by Gasteiger charge is -2.08. The zero-order valence-corrected chi connectivity index (χ0v) is 12.8. The topological polar surface area (TPSA) is 37.0 Å². The van der Waals surface area contributed by atoms with Crippen LogP contribution in [0.5, 0.6) is 5.75 Å². The second-order valence-corrected chi connectivity index (χ2v) is 5.79. The largest absolute Gasteiger partial charge is 0.497 e. The number of rotatable bonds is 2. The Kier molecular flexibility index (Phi) is 3.35. The molecule has 3 heteroatoms. The summed E-state index contributed by atoms with van der Waals surface area (Å²) in [7, 11) is 1.70. The highest BCUT2D eigenvalue weighted by atomic mass is 16.5. The number of fused-ring (bicyclic) bond motifs is 3. The van der Waals surface area contributed by atoms with Crippen molar-refractivity contribution in [3.63, 3.8) is 0 Å². The summed E-state index contributed by atoms with van der Waals surface area (Å²) < 4.78 is 5.27. The maximum atomic E-state index is 5.27. The van der Waals surface area contributed by atoms with E-state index in [0.717, 1.165) is 31.7 Å². The fraction of sp³-hybridized carbons (Fsp3) is 0.263. The molecule has 1 aliphatic rings. The minimum Gasteiger partial charge on any atom is -0.497 e. The maximum absolute atomic E-state index is 5.27. The van der Waals surface area contributed by atoms with Gasteiger partial charge in [-0.05, 0) is 47.9 Å². The molecule has 0 fully saturated rings. The summed E-state index contributed by atoms with van der Waals surface area (Å²) >= 11 is 0. The van der Waals surface area contributed by atoms with Gasteiger partial charge in [-0.1, -0.05) is 24.3 Å². The average molecular weight is 292 g/mol. The minimum absolute atomic E-state index is 0.896. The first kappa shape index (κ1) is 13.4. The quantitative estimate of drug-likeness (QED) is 0.758. The van der Waals surface area contributed by atoms with Crippen molar-refractivity contribution in [1.29, 1.82) is 0 Å². The van der Waals surface area contributed by atoms with E-state index >= 15 is 0 Å². The van der Waals surface area contributed by atoms with Crippen LogP contribution < -0.4 is 10.1 Å². The Morgan fingerprint density at radius 3 is 2.59 bits per heavy atom. The number of methoxy groups -OCH3 is 1. The van der Waals surface area contributed by atoms with Gasteiger partial charge in [0.15, 0.2) is 0 Å². The molecule has 1 aliphatic heterocycles. The second-order valence-electron chi connectivity index (χ2n) is 5.79. The normalized spacial score (nSPS) is 14.6. The first-order valence-electron chi connectivity index (χ1n) is 7.84. The molecule has 0 saturated carbocycles. The maximum Gasteiger partial charge on any atom is 0.118 e. The molecule has 2 heterocycles. The average Bonchev–Trinajstić information content (AvgIpc) is 2.76. The first-order valence-corrected chi connectivity index (χ1v) is 7.84. The molecule has 0 saturated heterocycles. The molecule has 0 unspecified atom stereocenters. The highest BCUT2D eigenvalue weighted by Gasteiger charge is 2.17. The van der Waals surface area contributed by atoms with Crippen LogP contribution in [0.1, 0.15) is 11.3 Å². The van der Waals surface area contributed by atoms with Crippen molar-refractivity contribution < 1.29 is 4.74 Å². The summed E-state index contributed by atoms with van der Waals surface area (Å²) in [6.07, 6.45) is 2.16. The van der Waals surface area contributed by atoms with E-state index in [1.54, 1.807) is 7.11 Å². The van der Waals surface area contributed by atoms with Crippen LogP contribution in [-0.2, 0) is 12.8 Å². The van der Waals surface area contributed by atoms with Gasteiger partial charge in [0, 0.05) is 29.6 Å². The minimum atomic E-state index is 0.896. The van der Waals surface area contributed by atoms with Crippen molar-refractivity contribution in [2.24, 2.45) is 0 Å². The zero-order valence-electron chi connectivity index (χ0n) is 12.8. The highest BCUT2D eigenvalue weighted by molar-refractivity contribution is 5.98. The Bertz CT molecular complexity index is 802. The number of hydrogen-bond donors (Lipinski definition) is 2. The molecule has 2 N–H and O–H groups in total. The first-order chi connectivity index (χ1) is 10.9. The van der Waals surface area contributed by atoms with Crippen molar-refractivity contribution in [3.05, 3.63) is 53.7 Å². The van der Waals surface area contributed by atoms with Crippen molar-refractivity contribution in [1.82, 2.24) is 10.3 Å². The summed E-state index contributed by atoms with van der Waals surface area (Å²) in [5, 5.41) is 4.86. The fourth-order valence-corrected chi connectivity index (χ4v) is 3.42. The molecule has 112 valence electrons. The Morgan fingerprint density at radius 2 is 1.77 bits per heavy atom. The Morgan fingerprint density at radius 1 is 0.955 bits per heavy atom. The van der Waals surface area contributed by atoms with Gasteiger partial charge in [0.05, 0.1) is 7.11 Å². The number of aromatic nitrogens is 1. The number of ether oxygens (including phenoxy) is 1. The zero-order chi connectivity index (χ0) is 14.9. The van der Waals surface area contributed by atoms with E-state index < -0.39 is 0 Å². The van der Waals surface area contributed by atoms with E-state index in [1.165, 1.54) is 33.3 Å². The fourth-order valence-electron chi connectivity index (χ4n) is 3.42. The second kappa shape index (κ2) is 5.50. The van der Waals surface area contributed by atoms with Gasteiger partial charge < -0.3 is 15.0 Å². The summed E-state index contributed by atoms with van der Waals surface area (Å²) in [5.41, 5.74) is 6.66. The Hall–Kier alpha value is -2.26. The van der Waals surface area contributed by atoms with Crippen LogP contribution in [0.25, 0.3) is 22.0 Å². The van der Waals surface area contributed by atoms with Crippen molar-refractivity contribution >= 4 is 10.9 Å². The molecule has 3 nitrogen and oxygen atoms in total. The van der Waals surface area contributed by atoms with E-state index in [1.807, 2.05) is 12.1 Å². The predicted molar refractivity (Wildman–Crippen MR) is 90.6 cm³/mol. The van der Waals surface area contributed by atoms with Crippen LogP contribution >= 0.6 is 0 Å². The van der Waals surface area contributed by atoms with Crippen molar-refractivity contribution in [2.45, 2.75) is 12.8 Å². The third kappa shape index (κ3) is 2.18. The summed E-state index contributed by atoms with van der Waals surface area (Å²) in [6, 6.07) is 14.9. The van der Waals surface area contributed by atoms with Crippen LogP contribution in [0.15, 0.2) is 42.5 Å². The number of hydrogen-bond acceptors (Lipinski definition) is 2. The van der Waals surface area contributed by atoms with Crippen LogP contribution in [0, 0.1) is 0 Å². The molecule has 0 atom stereocenters. The van der Waals surface area contributed by atoms with Crippen LogP contribution in [0.3, 0.4) is 0 Å². The molecular weight excluding hydrogens is 272 g/mol. The van der Waals surface area contributed by atoms with E-state index in [0.29, 0.717) is 0 Å². The number of benzene rings is 2. The third-order valence-corrected chi connectivity index (χ3v) is 4.52. The smallest absolute Gasteiger partial charge is 0.118 e. The van der Waals surface area contributed by atoms with Gasteiger partial charge in [-0.3, -0.25) is 0 Å². The van der Waals surface area contributed by atoms with Crippen LogP contribution in [0.2, 0.25) is 0 Å². The Labute approximate surface area is 130 Å². The lowest BCUT2D eigenvalue weighted by atomic mass is 9.97. The van der Waals surface area contributed by atoms with Crippen molar-refractivity contribution in [2.75, 3.05) is 20.2 Å². The highest BCUT2D eigenvalue weighted by Crippen LogP contribution is 2.34. The van der Waals surface area contributed by atoms with Gasteiger partial charge >= 0.3 is 0 Å². The molecule has 4 rings (SSSR count). The lowest BCUT2D eigenvalue weighted by molar-refractivity contribution is 0.415. The molecular formula is C19H20N2O. The molecule has 1 aromatic heterocycles. The summed E-state index contributed by atoms with van der Waals surface area (Å²) in [5.74, 6) is 0.896. The van der Waals surface area contributed by atoms with Gasteiger partial charge in [-0.25, -0.2) is 0 Å². The summed E-state index contributed by atoms with van der Waals surface area (Å²) in [6.45, 7) is 2.11. The SMILES string of the molecule is COc1ccc(-c2cccc3[nH]c4c(c23)CCNCC4)cc1. The summed E-state index contributed by atoms with van der Waals surface area (Å²) in [4.78, 5) is 3.62. The monoisotopic (exact) mass is 292 g/mol. The number of nitrogens with one attached hydrogen (secondary N) is 2. The molecule has 0 bridgehead atoms. The van der Waals surface area contributed by atoms with E-state index in [-0.39, 0.29) is 0 Å². The lowest BCUT2D eigenvalue weighted by Crippen LogP contribution is -2.16. The van der Waals surface area contributed by atoms with E-state index in [4.69, 9.17) is 4.74 Å². The molecule has 3 aromatic rings. The predicted octanol–water partition coefficient (Wildman–Crippen LogP) is 3.53. The molecule has 2 aromatic carbocycles. The van der Waals surface area contributed by atoms with Gasteiger partial charge in [0.1, 0.15) is 5.75 Å². The van der Waals surface area contributed by atoms with Gasteiger partial charge in [-0.15, -0.1) is 0 Å². The standard InChI is InChI=1S/C19H20N2O/c1-22-14-7-5-13(6-8-14)15-3-2-4-18-19(15)16-9-11-20-12-10-17(16)21-18/h2-8,20-21H,9-12H2,1H3. The molecule has 22 heavy (non-hydrogen) atoms. The molecule has 0 amide bonds. The van der Waals surface area contributed by atoms with Crippen molar-refractivity contribution in [3.8, 4) is 16.9 Å². The third-order valence-electron chi connectivity index (χ3n) is 4.52.